The lowest BCUT2D eigenvalue weighted by Crippen LogP contribution is -1.89. The summed E-state index contributed by atoms with van der Waals surface area (Å²) >= 11 is 1.66. The van der Waals surface area contributed by atoms with Crippen LogP contribution in [-0.2, 0) is 0 Å². The van der Waals surface area contributed by atoms with Gasteiger partial charge in [-0.2, -0.15) is 5.26 Å². The Balaban J connectivity index is 2.91. The fourth-order valence-electron chi connectivity index (χ4n) is 0.820. The van der Waals surface area contributed by atoms with E-state index in [1.165, 1.54) is 0 Å². The molecule has 62 valence electrons. The summed E-state index contributed by atoms with van der Waals surface area (Å²) in [4.78, 5) is 4.94. The zero-order valence-corrected chi connectivity index (χ0v) is 7.93. The van der Waals surface area contributed by atoms with E-state index in [2.05, 4.69) is 24.9 Å². The number of hydrogen-bond donors (Lipinski definition) is 0. The van der Waals surface area contributed by atoms with Gasteiger partial charge in [0.15, 0.2) is 0 Å². The highest BCUT2D eigenvalue weighted by Crippen LogP contribution is 2.24. The molecule has 0 amide bonds. The van der Waals surface area contributed by atoms with Crippen LogP contribution in [0.15, 0.2) is 23.4 Å². The van der Waals surface area contributed by atoms with Gasteiger partial charge in [-0.05, 0) is 6.07 Å². The lowest BCUT2D eigenvalue weighted by molar-refractivity contribution is 1.10. The van der Waals surface area contributed by atoms with Gasteiger partial charge in [-0.3, -0.25) is 4.98 Å². The first-order valence-electron chi connectivity index (χ1n) is 3.75. The molecule has 1 aromatic heterocycles. The van der Waals surface area contributed by atoms with Crippen molar-refractivity contribution >= 4 is 11.8 Å². The van der Waals surface area contributed by atoms with Gasteiger partial charge in [0.25, 0.3) is 0 Å². The van der Waals surface area contributed by atoms with Crippen molar-refractivity contribution in [1.82, 2.24) is 4.98 Å². The monoisotopic (exact) mass is 178 g/mol. The summed E-state index contributed by atoms with van der Waals surface area (Å²) in [6.45, 7) is 4.19. The van der Waals surface area contributed by atoms with Gasteiger partial charge in [0.05, 0.1) is 5.56 Å². The molecule has 0 atom stereocenters. The van der Waals surface area contributed by atoms with Gasteiger partial charge in [0.1, 0.15) is 6.07 Å². The first-order valence-corrected chi connectivity index (χ1v) is 4.62. The molecule has 0 N–H and O–H groups in total. The third kappa shape index (κ3) is 2.24. The number of nitrogens with zero attached hydrogens (tertiary/aromatic N) is 2. The van der Waals surface area contributed by atoms with Crippen molar-refractivity contribution in [3.05, 3.63) is 24.0 Å². The maximum atomic E-state index is 8.74. The molecule has 0 radical (unpaired) electrons. The maximum Gasteiger partial charge on any atom is 0.100 e. The minimum absolute atomic E-state index is 0.487. The molecule has 0 aliphatic rings. The van der Waals surface area contributed by atoms with Crippen LogP contribution in [0.5, 0.6) is 0 Å². The molecule has 0 saturated heterocycles. The fourth-order valence-corrected chi connectivity index (χ4v) is 1.69. The van der Waals surface area contributed by atoms with Gasteiger partial charge < -0.3 is 0 Å². The van der Waals surface area contributed by atoms with Crippen LogP contribution in [0.3, 0.4) is 0 Å². The molecule has 12 heavy (non-hydrogen) atoms. The van der Waals surface area contributed by atoms with Crippen LogP contribution >= 0.6 is 11.8 Å². The van der Waals surface area contributed by atoms with E-state index in [1.54, 1.807) is 30.2 Å². The highest BCUT2D eigenvalue weighted by molar-refractivity contribution is 8.00. The molecule has 0 spiro atoms. The zero-order chi connectivity index (χ0) is 8.97. The Morgan fingerprint density at radius 3 is 2.92 bits per heavy atom. The number of hydrogen-bond acceptors (Lipinski definition) is 3. The topological polar surface area (TPSA) is 36.7 Å². The van der Waals surface area contributed by atoms with Crippen molar-refractivity contribution in [3.63, 3.8) is 0 Å². The van der Waals surface area contributed by atoms with Crippen molar-refractivity contribution in [2.24, 2.45) is 0 Å². The third-order valence-corrected chi connectivity index (χ3v) is 2.32. The molecule has 3 heteroatoms. The van der Waals surface area contributed by atoms with Gasteiger partial charge in [0, 0.05) is 22.5 Å². The standard InChI is InChI=1S/C9H10N2S/c1-7(2)12-9-6-11-4-3-8(9)5-10/h3-4,6-7H,1-2H3. The highest BCUT2D eigenvalue weighted by Gasteiger charge is 2.03. The van der Waals surface area contributed by atoms with Crippen molar-refractivity contribution in [1.29, 1.82) is 5.26 Å². The number of pyridine rings is 1. The molecule has 1 aromatic rings. The first kappa shape index (κ1) is 9.08. The minimum atomic E-state index is 0.487. The van der Waals surface area contributed by atoms with Crippen LogP contribution in [0.4, 0.5) is 0 Å². The SMILES string of the molecule is CC(C)Sc1cnccc1C#N. The summed E-state index contributed by atoms with van der Waals surface area (Å²) in [6.07, 6.45) is 3.38. The molecule has 0 aliphatic heterocycles. The highest BCUT2D eigenvalue weighted by atomic mass is 32.2. The van der Waals surface area contributed by atoms with Gasteiger partial charge in [-0.1, -0.05) is 13.8 Å². The average molecular weight is 178 g/mol. The number of rotatable bonds is 2. The van der Waals surface area contributed by atoms with Crippen molar-refractivity contribution in [2.45, 2.75) is 24.0 Å². The van der Waals surface area contributed by atoms with Crippen molar-refractivity contribution < 1.29 is 0 Å². The first-order chi connectivity index (χ1) is 5.74. The van der Waals surface area contributed by atoms with E-state index in [1.807, 2.05) is 0 Å². The molecule has 1 rings (SSSR count). The van der Waals surface area contributed by atoms with Crippen LogP contribution in [0.25, 0.3) is 0 Å². The molecule has 0 fully saturated rings. The third-order valence-electron chi connectivity index (χ3n) is 1.27. The van der Waals surface area contributed by atoms with Gasteiger partial charge in [0.2, 0.25) is 0 Å². The van der Waals surface area contributed by atoms with E-state index < -0.39 is 0 Å². The van der Waals surface area contributed by atoms with E-state index in [4.69, 9.17) is 5.26 Å². The Morgan fingerprint density at radius 1 is 1.58 bits per heavy atom. The van der Waals surface area contributed by atoms with E-state index in [-0.39, 0.29) is 0 Å². The van der Waals surface area contributed by atoms with Crippen LogP contribution < -0.4 is 0 Å². The molecule has 0 aromatic carbocycles. The largest absolute Gasteiger partial charge is 0.263 e. The minimum Gasteiger partial charge on any atom is -0.263 e. The Morgan fingerprint density at radius 2 is 2.33 bits per heavy atom. The van der Waals surface area contributed by atoms with E-state index >= 15 is 0 Å². The molecular weight excluding hydrogens is 168 g/mol. The predicted molar refractivity (Wildman–Crippen MR) is 49.9 cm³/mol. The van der Waals surface area contributed by atoms with Crippen LogP contribution in [0, 0.1) is 11.3 Å². The van der Waals surface area contributed by atoms with Gasteiger partial charge in [-0.25, -0.2) is 0 Å². The van der Waals surface area contributed by atoms with E-state index in [0.29, 0.717) is 10.8 Å². The summed E-state index contributed by atoms with van der Waals surface area (Å²) in [5, 5.41) is 9.23. The van der Waals surface area contributed by atoms with E-state index in [0.717, 1.165) is 4.90 Å². The number of aromatic nitrogens is 1. The molecule has 0 bridgehead atoms. The summed E-state index contributed by atoms with van der Waals surface area (Å²) in [7, 11) is 0. The number of nitriles is 1. The van der Waals surface area contributed by atoms with Gasteiger partial charge >= 0.3 is 0 Å². The van der Waals surface area contributed by atoms with Crippen molar-refractivity contribution in [3.8, 4) is 6.07 Å². The Labute approximate surface area is 76.6 Å². The Kier molecular flexibility index (Phi) is 3.12. The number of thioether (sulfide) groups is 1. The average Bonchev–Trinajstić information content (AvgIpc) is 2.04. The normalized spacial score (nSPS) is 9.83. The van der Waals surface area contributed by atoms with E-state index in [9.17, 15) is 0 Å². The molecule has 1 heterocycles. The van der Waals surface area contributed by atoms with Crippen LogP contribution in [0.2, 0.25) is 0 Å². The predicted octanol–water partition coefficient (Wildman–Crippen LogP) is 2.45. The molecular formula is C9H10N2S. The second-order valence-electron chi connectivity index (χ2n) is 2.65. The quantitative estimate of drug-likeness (QED) is 0.653. The second-order valence-corrected chi connectivity index (χ2v) is 4.27. The summed E-state index contributed by atoms with van der Waals surface area (Å²) in [6, 6.07) is 3.88. The molecule has 0 aliphatic carbocycles. The lowest BCUT2D eigenvalue weighted by atomic mass is 10.3. The van der Waals surface area contributed by atoms with Crippen molar-refractivity contribution in [2.75, 3.05) is 0 Å². The van der Waals surface area contributed by atoms with Crippen LogP contribution in [0.1, 0.15) is 19.4 Å². The lowest BCUT2D eigenvalue weighted by Gasteiger charge is -2.04. The molecule has 0 saturated carbocycles. The Hall–Kier alpha value is -1.01. The fraction of sp³-hybridized carbons (Fsp3) is 0.333. The summed E-state index contributed by atoms with van der Waals surface area (Å²) in [5.74, 6) is 0. The second kappa shape index (κ2) is 4.13. The summed E-state index contributed by atoms with van der Waals surface area (Å²) in [5.41, 5.74) is 0.712. The maximum absolute atomic E-state index is 8.74. The smallest absolute Gasteiger partial charge is 0.100 e. The molecule has 2 nitrogen and oxygen atoms in total. The Bertz CT molecular complexity index is 302. The zero-order valence-electron chi connectivity index (χ0n) is 7.11. The molecule has 0 unspecified atom stereocenters. The van der Waals surface area contributed by atoms with Gasteiger partial charge in [-0.15, -0.1) is 11.8 Å². The summed E-state index contributed by atoms with van der Waals surface area (Å²) < 4.78 is 0. The van der Waals surface area contributed by atoms with Crippen LogP contribution in [-0.4, -0.2) is 10.2 Å².